The number of halogens is 1. The van der Waals surface area contributed by atoms with Crippen LogP contribution in [0.15, 0.2) is 18.2 Å². The van der Waals surface area contributed by atoms with E-state index in [-0.39, 0.29) is 12.1 Å². The maximum Gasteiger partial charge on any atom is 0.305 e. The lowest BCUT2D eigenvalue weighted by Gasteiger charge is -2.32. The van der Waals surface area contributed by atoms with E-state index in [1.54, 1.807) is 6.07 Å². The van der Waals surface area contributed by atoms with Crippen LogP contribution in [0.5, 0.6) is 0 Å². The maximum absolute atomic E-state index is 13.8. The molecule has 1 aromatic carbocycles. The number of nitrogens with one attached hydrogen (secondary N) is 1. The monoisotopic (exact) mass is 269 g/mol. The lowest BCUT2D eigenvalue weighted by Crippen LogP contribution is -2.46. The normalized spacial score (nSPS) is 11.9. The summed E-state index contributed by atoms with van der Waals surface area (Å²) in [6.45, 7) is 5.04. The zero-order chi connectivity index (χ0) is 14.6. The Morgan fingerprint density at radius 1 is 1.42 bits per heavy atom. The standard InChI is InChI=1S/C13H20FN3O2/c1-13(2,16(3)4)9-15-8-10-6-5-7-11(12(10)14)17(18)19/h5-7,15H,8-9H2,1-4H3. The van der Waals surface area contributed by atoms with E-state index in [1.165, 1.54) is 12.1 Å². The molecule has 0 bridgehead atoms. The number of nitro groups is 1. The van der Waals surface area contributed by atoms with Gasteiger partial charge in [-0.3, -0.25) is 10.1 Å². The van der Waals surface area contributed by atoms with Gasteiger partial charge in [-0.15, -0.1) is 0 Å². The van der Waals surface area contributed by atoms with Crippen LogP contribution in [0.4, 0.5) is 10.1 Å². The van der Waals surface area contributed by atoms with Gasteiger partial charge in [-0.1, -0.05) is 12.1 Å². The zero-order valence-corrected chi connectivity index (χ0v) is 11.7. The van der Waals surface area contributed by atoms with E-state index in [4.69, 9.17) is 0 Å². The minimum Gasteiger partial charge on any atom is -0.311 e. The summed E-state index contributed by atoms with van der Waals surface area (Å²) in [5.74, 6) is -0.761. The Bertz CT molecular complexity index is 461. The fourth-order valence-electron chi connectivity index (χ4n) is 1.50. The first-order chi connectivity index (χ1) is 8.75. The molecule has 0 atom stereocenters. The molecular formula is C13H20FN3O2. The van der Waals surface area contributed by atoms with Gasteiger partial charge in [0, 0.05) is 30.3 Å². The number of rotatable bonds is 6. The molecule has 0 radical (unpaired) electrons. The van der Waals surface area contributed by atoms with Crippen LogP contribution in [0.1, 0.15) is 19.4 Å². The molecule has 0 spiro atoms. The third-order valence-corrected chi connectivity index (χ3v) is 3.34. The van der Waals surface area contributed by atoms with Gasteiger partial charge in [-0.05, 0) is 27.9 Å². The number of nitro benzene ring substituents is 1. The van der Waals surface area contributed by atoms with Crippen molar-refractivity contribution in [3.63, 3.8) is 0 Å². The van der Waals surface area contributed by atoms with Crippen molar-refractivity contribution in [3.05, 3.63) is 39.7 Å². The average molecular weight is 269 g/mol. The topological polar surface area (TPSA) is 58.4 Å². The summed E-state index contributed by atoms with van der Waals surface area (Å²) in [6.07, 6.45) is 0. The maximum atomic E-state index is 13.8. The van der Waals surface area contributed by atoms with Gasteiger partial charge in [0.15, 0.2) is 0 Å². The largest absolute Gasteiger partial charge is 0.311 e. The second-order valence-electron chi connectivity index (χ2n) is 5.32. The van der Waals surface area contributed by atoms with E-state index in [0.717, 1.165) is 0 Å². The summed E-state index contributed by atoms with van der Waals surface area (Å²) in [7, 11) is 3.94. The molecule has 6 heteroatoms. The Morgan fingerprint density at radius 3 is 2.58 bits per heavy atom. The SMILES string of the molecule is CN(C)C(C)(C)CNCc1cccc([N+](=O)[O-])c1F. The summed E-state index contributed by atoms with van der Waals surface area (Å²) < 4.78 is 13.8. The second-order valence-corrected chi connectivity index (χ2v) is 5.32. The summed E-state index contributed by atoms with van der Waals surface area (Å²) >= 11 is 0. The van der Waals surface area contributed by atoms with Crippen LogP contribution in [-0.2, 0) is 6.54 Å². The highest BCUT2D eigenvalue weighted by molar-refractivity contribution is 5.36. The Morgan fingerprint density at radius 2 is 2.05 bits per heavy atom. The van der Waals surface area contributed by atoms with E-state index < -0.39 is 16.4 Å². The molecule has 1 N–H and O–H groups in total. The molecule has 1 rings (SSSR count). The van der Waals surface area contributed by atoms with Gasteiger partial charge in [0.1, 0.15) is 0 Å². The van der Waals surface area contributed by atoms with Crippen LogP contribution in [0.25, 0.3) is 0 Å². The molecule has 0 aliphatic rings. The highest BCUT2D eigenvalue weighted by Crippen LogP contribution is 2.20. The second kappa shape index (κ2) is 6.08. The predicted molar refractivity (Wildman–Crippen MR) is 72.5 cm³/mol. The van der Waals surface area contributed by atoms with Crippen LogP contribution in [0.3, 0.4) is 0 Å². The van der Waals surface area contributed by atoms with Crippen LogP contribution in [-0.4, -0.2) is 36.0 Å². The molecule has 0 saturated heterocycles. The fourth-order valence-corrected chi connectivity index (χ4v) is 1.50. The predicted octanol–water partition coefficient (Wildman–Crippen LogP) is 2.16. The molecule has 1 aromatic rings. The quantitative estimate of drug-likeness (QED) is 0.635. The number of hydrogen-bond acceptors (Lipinski definition) is 4. The van der Waals surface area contributed by atoms with E-state index in [2.05, 4.69) is 24.1 Å². The first kappa shape index (κ1) is 15.5. The molecule has 0 aliphatic heterocycles. The molecule has 0 fully saturated rings. The Balaban J connectivity index is 2.69. The smallest absolute Gasteiger partial charge is 0.305 e. The number of nitrogens with zero attached hydrogens (tertiary/aromatic N) is 2. The van der Waals surface area contributed by atoms with Crippen LogP contribution >= 0.6 is 0 Å². The molecule has 19 heavy (non-hydrogen) atoms. The first-order valence-corrected chi connectivity index (χ1v) is 6.05. The van der Waals surface area contributed by atoms with E-state index in [1.807, 2.05) is 14.1 Å². The Labute approximate surface area is 112 Å². The van der Waals surface area contributed by atoms with Crippen molar-refractivity contribution in [1.29, 1.82) is 0 Å². The number of benzene rings is 1. The average Bonchev–Trinajstić information content (AvgIpc) is 2.30. The molecule has 0 aromatic heterocycles. The Kier molecular flexibility index (Phi) is 4.97. The fraction of sp³-hybridized carbons (Fsp3) is 0.538. The Hall–Kier alpha value is -1.53. The molecule has 0 aliphatic carbocycles. The van der Waals surface area contributed by atoms with Crippen molar-refractivity contribution in [2.75, 3.05) is 20.6 Å². The molecule has 0 amide bonds. The molecule has 0 heterocycles. The summed E-state index contributed by atoms with van der Waals surface area (Å²) in [5.41, 5.74) is -0.244. The van der Waals surface area contributed by atoms with E-state index in [9.17, 15) is 14.5 Å². The summed E-state index contributed by atoms with van der Waals surface area (Å²) in [6, 6.07) is 4.22. The van der Waals surface area contributed by atoms with Gasteiger partial charge in [-0.25, -0.2) is 0 Å². The highest BCUT2D eigenvalue weighted by atomic mass is 19.1. The minimum absolute atomic E-state index is 0.0722. The van der Waals surface area contributed by atoms with Gasteiger partial charge >= 0.3 is 5.69 Å². The molecular weight excluding hydrogens is 249 g/mol. The van der Waals surface area contributed by atoms with Crippen LogP contribution in [0, 0.1) is 15.9 Å². The zero-order valence-electron chi connectivity index (χ0n) is 11.7. The summed E-state index contributed by atoms with van der Waals surface area (Å²) in [4.78, 5) is 12.0. The summed E-state index contributed by atoms with van der Waals surface area (Å²) in [5, 5.41) is 13.8. The molecule has 5 nitrogen and oxygen atoms in total. The van der Waals surface area contributed by atoms with Gasteiger partial charge in [-0.2, -0.15) is 4.39 Å². The molecule has 0 saturated carbocycles. The van der Waals surface area contributed by atoms with Crippen LogP contribution in [0.2, 0.25) is 0 Å². The van der Waals surface area contributed by atoms with Gasteiger partial charge in [0.25, 0.3) is 0 Å². The number of likely N-dealkylation sites (N-methyl/N-ethyl adjacent to an activating group) is 1. The lowest BCUT2D eigenvalue weighted by atomic mass is 10.0. The first-order valence-electron chi connectivity index (χ1n) is 6.05. The van der Waals surface area contributed by atoms with Crippen molar-refractivity contribution in [2.24, 2.45) is 0 Å². The van der Waals surface area contributed by atoms with Crippen molar-refractivity contribution < 1.29 is 9.31 Å². The van der Waals surface area contributed by atoms with Crippen molar-refractivity contribution in [3.8, 4) is 0 Å². The van der Waals surface area contributed by atoms with E-state index >= 15 is 0 Å². The van der Waals surface area contributed by atoms with Gasteiger partial charge in [0.05, 0.1) is 4.92 Å². The van der Waals surface area contributed by atoms with E-state index in [0.29, 0.717) is 12.1 Å². The minimum atomic E-state index is -0.761. The third kappa shape index (κ3) is 3.97. The molecule has 106 valence electrons. The third-order valence-electron chi connectivity index (χ3n) is 3.34. The molecule has 0 unspecified atom stereocenters. The van der Waals surface area contributed by atoms with Crippen molar-refractivity contribution in [2.45, 2.75) is 25.9 Å². The highest BCUT2D eigenvalue weighted by Gasteiger charge is 2.21. The van der Waals surface area contributed by atoms with Gasteiger partial charge < -0.3 is 10.2 Å². The van der Waals surface area contributed by atoms with Crippen LogP contribution < -0.4 is 5.32 Å². The van der Waals surface area contributed by atoms with Crippen molar-refractivity contribution in [1.82, 2.24) is 10.2 Å². The number of hydrogen-bond donors (Lipinski definition) is 1. The lowest BCUT2D eigenvalue weighted by molar-refractivity contribution is -0.387. The van der Waals surface area contributed by atoms with Crippen molar-refractivity contribution >= 4 is 5.69 Å². The van der Waals surface area contributed by atoms with Gasteiger partial charge in [0.2, 0.25) is 5.82 Å².